The van der Waals surface area contributed by atoms with Crippen LogP contribution in [0.15, 0.2) is 35.0 Å². The minimum absolute atomic E-state index is 0.157. The second kappa shape index (κ2) is 6.38. The van der Waals surface area contributed by atoms with Gasteiger partial charge in [-0.15, -0.1) is 11.3 Å². The summed E-state index contributed by atoms with van der Waals surface area (Å²) in [4.78, 5) is 16.9. The molecule has 4 aromatic rings. The van der Waals surface area contributed by atoms with Crippen LogP contribution >= 0.6 is 11.3 Å². The fourth-order valence-corrected chi connectivity index (χ4v) is 3.62. The van der Waals surface area contributed by atoms with E-state index in [1.807, 2.05) is 49.8 Å². The highest BCUT2D eigenvalue weighted by Crippen LogP contribution is 2.26. The maximum Gasteiger partial charge on any atom is 0.294 e. The highest BCUT2D eigenvalue weighted by Gasteiger charge is 2.17. The van der Waals surface area contributed by atoms with Gasteiger partial charge in [0.05, 0.1) is 20.9 Å². The molecule has 132 valence electrons. The van der Waals surface area contributed by atoms with Crippen LogP contribution < -0.4 is 5.32 Å². The number of hydrogen-bond donors (Lipinski definition) is 1. The molecule has 1 N–H and O–H groups in total. The van der Waals surface area contributed by atoms with Crippen molar-refractivity contribution in [3.63, 3.8) is 0 Å². The molecule has 0 unspecified atom stereocenters. The van der Waals surface area contributed by atoms with Gasteiger partial charge < -0.3 is 9.84 Å². The number of anilines is 1. The molecule has 0 aliphatic heterocycles. The molecule has 0 radical (unpaired) electrons. The highest BCUT2D eigenvalue weighted by atomic mass is 32.1. The van der Waals surface area contributed by atoms with E-state index < -0.39 is 0 Å². The number of aryl methyl sites for hydroxylation is 3. The van der Waals surface area contributed by atoms with Gasteiger partial charge in [0, 0.05) is 30.1 Å². The molecular weight excluding hydrogens is 350 g/mol. The lowest BCUT2D eigenvalue weighted by Crippen LogP contribution is -2.10. The van der Waals surface area contributed by atoms with Gasteiger partial charge in [-0.1, -0.05) is 5.16 Å². The van der Waals surface area contributed by atoms with Crippen molar-refractivity contribution in [3.05, 3.63) is 46.9 Å². The number of thiazole rings is 1. The molecule has 0 aliphatic rings. The van der Waals surface area contributed by atoms with Crippen molar-refractivity contribution >= 4 is 33.1 Å². The molecule has 0 saturated carbocycles. The van der Waals surface area contributed by atoms with Crippen LogP contribution in [0.2, 0.25) is 0 Å². The van der Waals surface area contributed by atoms with Crippen molar-refractivity contribution in [2.24, 2.45) is 0 Å². The maximum absolute atomic E-state index is 12.5. The zero-order valence-electron chi connectivity index (χ0n) is 14.6. The van der Waals surface area contributed by atoms with E-state index >= 15 is 0 Å². The zero-order valence-corrected chi connectivity index (χ0v) is 15.4. The van der Waals surface area contributed by atoms with Gasteiger partial charge in [-0.3, -0.25) is 9.48 Å². The molecule has 8 heteroatoms. The van der Waals surface area contributed by atoms with E-state index in [-0.39, 0.29) is 11.7 Å². The van der Waals surface area contributed by atoms with Crippen LogP contribution in [0.3, 0.4) is 0 Å². The summed E-state index contributed by atoms with van der Waals surface area (Å²) in [5.41, 5.74) is 3.92. The summed E-state index contributed by atoms with van der Waals surface area (Å²) in [5, 5.41) is 12.2. The van der Waals surface area contributed by atoms with Crippen molar-refractivity contribution in [2.75, 3.05) is 5.32 Å². The SMILES string of the molecule is CCn1cc(-c2cc(C(=O)Nc3ccc4nc(C)sc4c3)on2)c(C)n1. The van der Waals surface area contributed by atoms with Gasteiger partial charge in [-0.05, 0) is 39.0 Å². The topological polar surface area (TPSA) is 85.8 Å². The number of hydrogen-bond acceptors (Lipinski definition) is 6. The average molecular weight is 367 g/mol. The second-order valence-corrected chi connectivity index (χ2v) is 7.16. The van der Waals surface area contributed by atoms with Gasteiger partial charge in [-0.25, -0.2) is 4.98 Å². The third-order valence-corrected chi connectivity index (χ3v) is 4.97. The van der Waals surface area contributed by atoms with Gasteiger partial charge in [0.15, 0.2) is 0 Å². The Morgan fingerprint density at radius 2 is 2.15 bits per heavy atom. The van der Waals surface area contributed by atoms with Gasteiger partial charge >= 0.3 is 0 Å². The lowest BCUT2D eigenvalue weighted by atomic mass is 10.2. The molecule has 1 amide bonds. The Balaban J connectivity index is 1.56. The summed E-state index contributed by atoms with van der Waals surface area (Å²) >= 11 is 1.59. The van der Waals surface area contributed by atoms with E-state index in [1.54, 1.807) is 17.4 Å². The Hall–Kier alpha value is -3.00. The Labute approximate surface area is 153 Å². The fraction of sp³-hybridized carbons (Fsp3) is 0.222. The standard InChI is InChI=1S/C18H17N5O2S/c1-4-23-9-13(10(2)21-23)15-8-16(25-22-15)18(24)20-12-5-6-14-17(7-12)26-11(3)19-14/h5-9H,4H2,1-3H3,(H,20,24). The predicted molar refractivity (Wildman–Crippen MR) is 100 cm³/mol. The Morgan fingerprint density at radius 3 is 2.92 bits per heavy atom. The number of carbonyl (C=O) groups excluding carboxylic acids is 1. The monoisotopic (exact) mass is 367 g/mol. The Bertz CT molecular complexity index is 1110. The molecular formula is C18H17N5O2S. The van der Waals surface area contributed by atoms with E-state index in [0.29, 0.717) is 11.4 Å². The van der Waals surface area contributed by atoms with E-state index in [9.17, 15) is 4.79 Å². The van der Waals surface area contributed by atoms with Crippen molar-refractivity contribution in [2.45, 2.75) is 27.3 Å². The van der Waals surface area contributed by atoms with Crippen molar-refractivity contribution in [3.8, 4) is 11.3 Å². The number of benzene rings is 1. The number of fused-ring (bicyclic) bond motifs is 1. The van der Waals surface area contributed by atoms with Crippen LogP contribution in [0, 0.1) is 13.8 Å². The first-order valence-corrected chi connectivity index (χ1v) is 9.05. The summed E-state index contributed by atoms with van der Waals surface area (Å²) in [5.74, 6) is -0.186. The minimum Gasteiger partial charge on any atom is -0.350 e. The van der Waals surface area contributed by atoms with Crippen LogP contribution in [0.4, 0.5) is 5.69 Å². The summed E-state index contributed by atoms with van der Waals surface area (Å²) in [6.45, 7) is 6.65. The molecule has 3 aromatic heterocycles. The van der Waals surface area contributed by atoms with Gasteiger partial charge in [0.25, 0.3) is 5.91 Å². The average Bonchev–Trinajstić information content (AvgIpc) is 3.31. The van der Waals surface area contributed by atoms with E-state index in [1.165, 1.54) is 0 Å². The first kappa shape index (κ1) is 16.5. The normalized spacial score (nSPS) is 11.2. The predicted octanol–water partition coefficient (Wildman–Crippen LogP) is 4.04. The van der Waals surface area contributed by atoms with E-state index in [0.717, 1.165) is 33.0 Å². The fourth-order valence-electron chi connectivity index (χ4n) is 2.75. The molecule has 0 spiro atoms. The first-order valence-electron chi connectivity index (χ1n) is 8.23. The number of amides is 1. The number of nitrogens with zero attached hydrogens (tertiary/aromatic N) is 4. The Kier molecular flexibility index (Phi) is 4.04. The minimum atomic E-state index is -0.343. The van der Waals surface area contributed by atoms with Crippen LogP contribution in [0.5, 0.6) is 0 Å². The molecule has 1 aromatic carbocycles. The summed E-state index contributed by atoms with van der Waals surface area (Å²) < 4.78 is 8.09. The number of aromatic nitrogens is 4. The summed E-state index contributed by atoms with van der Waals surface area (Å²) in [7, 11) is 0. The smallest absolute Gasteiger partial charge is 0.294 e. The van der Waals surface area contributed by atoms with Crippen LogP contribution in [0.25, 0.3) is 21.5 Å². The van der Waals surface area contributed by atoms with Crippen LogP contribution in [0.1, 0.15) is 28.2 Å². The molecule has 0 aliphatic carbocycles. The van der Waals surface area contributed by atoms with Crippen LogP contribution in [-0.2, 0) is 6.54 Å². The molecule has 0 saturated heterocycles. The molecule has 0 fully saturated rings. The van der Waals surface area contributed by atoms with Gasteiger partial charge in [0.2, 0.25) is 5.76 Å². The van der Waals surface area contributed by atoms with E-state index in [4.69, 9.17) is 4.52 Å². The Morgan fingerprint density at radius 1 is 1.31 bits per heavy atom. The zero-order chi connectivity index (χ0) is 18.3. The quantitative estimate of drug-likeness (QED) is 0.588. The number of rotatable bonds is 4. The molecule has 0 bridgehead atoms. The van der Waals surface area contributed by atoms with E-state index in [2.05, 4.69) is 20.6 Å². The van der Waals surface area contributed by atoms with Crippen molar-refractivity contribution in [1.29, 1.82) is 0 Å². The number of nitrogens with one attached hydrogen (secondary N) is 1. The van der Waals surface area contributed by atoms with Crippen molar-refractivity contribution in [1.82, 2.24) is 19.9 Å². The summed E-state index contributed by atoms with van der Waals surface area (Å²) in [6, 6.07) is 7.26. The third kappa shape index (κ3) is 2.99. The molecule has 0 atom stereocenters. The third-order valence-electron chi connectivity index (χ3n) is 4.03. The lowest BCUT2D eigenvalue weighted by molar-refractivity contribution is 0.0988. The number of carbonyl (C=O) groups is 1. The summed E-state index contributed by atoms with van der Waals surface area (Å²) in [6.07, 6.45) is 1.90. The second-order valence-electron chi connectivity index (χ2n) is 5.93. The largest absolute Gasteiger partial charge is 0.350 e. The highest BCUT2D eigenvalue weighted by molar-refractivity contribution is 7.18. The maximum atomic E-state index is 12.5. The molecule has 4 rings (SSSR count). The first-order chi connectivity index (χ1) is 12.5. The van der Waals surface area contributed by atoms with Crippen LogP contribution in [-0.4, -0.2) is 25.8 Å². The van der Waals surface area contributed by atoms with Gasteiger partial charge in [0.1, 0.15) is 5.69 Å². The lowest BCUT2D eigenvalue weighted by Gasteiger charge is -2.01. The van der Waals surface area contributed by atoms with Gasteiger partial charge in [-0.2, -0.15) is 5.10 Å². The molecule has 7 nitrogen and oxygen atoms in total. The molecule has 3 heterocycles. The molecule has 26 heavy (non-hydrogen) atoms. The van der Waals surface area contributed by atoms with Crippen molar-refractivity contribution < 1.29 is 9.32 Å².